The van der Waals surface area contributed by atoms with Gasteiger partial charge >= 0.3 is 0 Å². The third kappa shape index (κ3) is 4.06. The molecule has 0 radical (unpaired) electrons. The van der Waals surface area contributed by atoms with Gasteiger partial charge in [0.25, 0.3) is 0 Å². The van der Waals surface area contributed by atoms with Crippen molar-refractivity contribution in [2.45, 2.75) is 83.8 Å². The molecule has 1 nitrogen and oxygen atoms in total. The van der Waals surface area contributed by atoms with Crippen LogP contribution < -0.4 is 9.92 Å². The average molecular weight is 509 g/mol. The molecule has 1 aliphatic carbocycles. The summed E-state index contributed by atoms with van der Waals surface area (Å²) >= 11 is 3.83. The fraction of sp³-hybridized carbons (Fsp3) is 0.467. The zero-order chi connectivity index (χ0) is 24.9. The van der Waals surface area contributed by atoms with E-state index >= 15 is 0 Å². The Morgan fingerprint density at radius 2 is 1.47 bits per heavy atom. The summed E-state index contributed by atoms with van der Waals surface area (Å²) < 4.78 is 6.64. The first-order valence-electron chi connectivity index (χ1n) is 12.6. The Morgan fingerprint density at radius 3 is 1.91 bits per heavy atom. The van der Waals surface area contributed by atoms with Crippen molar-refractivity contribution in [3.05, 3.63) is 69.9 Å². The van der Waals surface area contributed by atoms with Crippen LogP contribution in [0.2, 0.25) is 12.1 Å². The Balaban J connectivity index is 2.08. The SMILES string of the molecule is C=CCOc1c(C(C)(C)C)cc(C(C)(C)C)cc1[Si](CC)(CC)C1c2ccsc2-c2sccc21. The van der Waals surface area contributed by atoms with Gasteiger partial charge < -0.3 is 4.74 Å². The topological polar surface area (TPSA) is 9.23 Å². The summed E-state index contributed by atoms with van der Waals surface area (Å²) in [5, 5.41) is 6.11. The minimum atomic E-state index is -2.08. The second kappa shape index (κ2) is 9.11. The van der Waals surface area contributed by atoms with Crippen molar-refractivity contribution >= 4 is 35.9 Å². The summed E-state index contributed by atoms with van der Waals surface area (Å²) in [5.74, 6) is 1.14. The normalized spacial score (nSPS) is 14.2. The van der Waals surface area contributed by atoms with Gasteiger partial charge in [-0.15, -0.1) is 22.7 Å². The Labute approximate surface area is 215 Å². The van der Waals surface area contributed by atoms with Crippen molar-refractivity contribution in [2.24, 2.45) is 0 Å². The Bertz CT molecular complexity index is 1140. The maximum absolute atomic E-state index is 6.64. The number of hydrogen-bond donors (Lipinski definition) is 0. The molecule has 0 fully saturated rings. The van der Waals surface area contributed by atoms with E-state index in [2.05, 4.69) is 97.0 Å². The molecule has 4 rings (SSSR count). The number of thiophene rings is 2. The minimum Gasteiger partial charge on any atom is -0.489 e. The van der Waals surface area contributed by atoms with E-state index in [1.165, 1.54) is 38.2 Å². The maximum Gasteiger partial charge on any atom is 0.122 e. The molecule has 0 spiro atoms. The average Bonchev–Trinajstić information content (AvgIpc) is 3.47. The predicted octanol–water partition coefficient (Wildman–Crippen LogP) is 9.02. The molecule has 0 aliphatic heterocycles. The molecule has 3 aromatic rings. The van der Waals surface area contributed by atoms with Crippen molar-refractivity contribution < 1.29 is 4.74 Å². The number of fused-ring (bicyclic) bond motifs is 3. The largest absolute Gasteiger partial charge is 0.489 e. The molecule has 1 aromatic carbocycles. The molecule has 2 aromatic heterocycles. The van der Waals surface area contributed by atoms with Gasteiger partial charge in [-0.1, -0.05) is 92.3 Å². The van der Waals surface area contributed by atoms with Gasteiger partial charge in [-0.2, -0.15) is 0 Å². The van der Waals surface area contributed by atoms with E-state index < -0.39 is 8.07 Å². The molecule has 0 atom stereocenters. The van der Waals surface area contributed by atoms with Gasteiger partial charge in [0.2, 0.25) is 0 Å². The molecular weight excluding hydrogens is 469 g/mol. The highest BCUT2D eigenvalue weighted by Gasteiger charge is 2.49. The number of ether oxygens (including phenoxy) is 1. The van der Waals surface area contributed by atoms with Crippen molar-refractivity contribution in [3.8, 4) is 15.5 Å². The lowest BCUT2D eigenvalue weighted by atomic mass is 9.80. The van der Waals surface area contributed by atoms with Gasteiger partial charge in [0.1, 0.15) is 20.4 Å². The number of hydrogen-bond acceptors (Lipinski definition) is 3. The van der Waals surface area contributed by atoms with Crippen LogP contribution in [0, 0.1) is 0 Å². The molecular formula is C30H40OS2Si. The molecule has 0 saturated heterocycles. The standard InChI is InChI=1S/C30H40OS2Si/c1-10-15-31-25-23(30(7,8)9)18-20(29(4,5)6)19-24(25)34(11-2,12-3)28-21-13-16-32-26(21)27-22(28)14-17-33-27/h10,13-14,16-19,28H,1,11-12,15H2,2-9H3. The van der Waals surface area contributed by atoms with Crippen molar-refractivity contribution in [2.75, 3.05) is 6.61 Å². The van der Waals surface area contributed by atoms with Gasteiger partial charge in [-0.3, -0.25) is 0 Å². The van der Waals surface area contributed by atoms with E-state index in [9.17, 15) is 0 Å². The number of benzene rings is 1. The quantitative estimate of drug-likeness (QED) is 0.228. The van der Waals surface area contributed by atoms with Gasteiger partial charge in [-0.25, -0.2) is 0 Å². The first-order chi connectivity index (χ1) is 16.0. The van der Waals surface area contributed by atoms with Crippen molar-refractivity contribution in [1.29, 1.82) is 0 Å². The van der Waals surface area contributed by atoms with Crippen LogP contribution in [0.4, 0.5) is 0 Å². The van der Waals surface area contributed by atoms with Gasteiger partial charge in [0, 0.05) is 15.3 Å². The van der Waals surface area contributed by atoms with Crippen molar-refractivity contribution in [1.82, 2.24) is 0 Å². The van der Waals surface area contributed by atoms with Crippen LogP contribution in [0.3, 0.4) is 0 Å². The fourth-order valence-electron chi connectivity index (χ4n) is 5.71. The summed E-state index contributed by atoms with van der Waals surface area (Å²) in [4.78, 5) is 3.01. The molecule has 34 heavy (non-hydrogen) atoms. The monoisotopic (exact) mass is 508 g/mol. The minimum absolute atomic E-state index is 0.00903. The smallest absolute Gasteiger partial charge is 0.122 e. The summed E-state index contributed by atoms with van der Waals surface area (Å²) in [7, 11) is -2.08. The molecule has 0 unspecified atom stereocenters. The second-order valence-electron chi connectivity index (χ2n) is 11.7. The first kappa shape index (κ1) is 25.5. The number of rotatable bonds is 7. The van der Waals surface area contributed by atoms with Crippen LogP contribution in [0.5, 0.6) is 5.75 Å². The first-order valence-corrected chi connectivity index (χ1v) is 16.8. The zero-order valence-corrected chi connectivity index (χ0v) is 24.8. The van der Waals surface area contributed by atoms with E-state index in [0.717, 1.165) is 5.75 Å². The lowest BCUT2D eigenvalue weighted by Gasteiger charge is -2.40. The molecule has 1 aliphatic rings. The lowest BCUT2D eigenvalue weighted by molar-refractivity contribution is 0.353. The molecule has 182 valence electrons. The van der Waals surface area contributed by atoms with Crippen LogP contribution in [0.25, 0.3) is 9.75 Å². The van der Waals surface area contributed by atoms with E-state index in [-0.39, 0.29) is 10.8 Å². The van der Waals surface area contributed by atoms with Crippen LogP contribution >= 0.6 is 22.7 Å². The molecule has 0 amide bonds. The second-order valence-corrected chi connectivity index (χ2v) is 18.4. The zero-order valence-electron chi connectivity index (χ0n) is 22.2. The highest BCUT2D eigenvalue weighted by Crippen LogP contribution is 2.55. The van der Waals surface area contributed by atoms with Crippen LogP contribution in [-0.2, 0) is 10.8 Å². The predicted molar refractivity (Wildman–Crippen MR) is 155 cm³/mol. The van der Waals surface area contributed by atoms with Gasteiger partial charge in [0.15, 0.2) is 0 Å². The Kier molecular flexibility index (Phi) is 6.82. The highest BCUT2D eigenvalue weighted by atomic mass is 32.1. The van der Waals surface area contributed by atoms with Crippen LogP contribution in [0.15, 0.2) is 47.7 Å². The Morgan fingerprint density at radius 1 is 0.912 bits per heavy atom. The fourth-order valence-corrected chi connectivity index (χ4v) is 13.2. The molecule has 0 bridgehead atoms. The van der Waals surface area contributed by atoms with E-state index in [4.69, 9.17) is 4.74 Å². The molecule has 2 heterocycles. The molecule has 0 N–H and O–H groups in total. The van der Waals surface area contributed by atoms with Gasteiger partial charge in [-0.05, 0) is 61.2 Å². The Hall–Kier alpha value is -1.62. The molecule has 0 saturated carbocycles. The lowest BCUT2D eigenvalue weighted by Crippen LogP contribution is -2.53. The van der Waals surface area contributed by atoms with Crippen LogP contribution in [0.1, 0.15) is 83.2 Å². The van der Waals surface area contributed by atoms with Crippen LogP contribution in [-0.4, -0.2) is 14.7 Å². The van der Waals surface area contributed by atoms with E-state index in [1.54, 1.807) is 11.1 Å². The summed E-state index contributed by atoms with van der Waals surface area (Å²) in [6.07, 6.45) is 1.89. The van der Waals surface area contributed by atoms with E-state index in [0.29, 0.717) is 12.1 Å². The summed E-state index contributed by atoms with van der Waals surface area (Å²) in [6.45, 7) is 23.4. The van der Waals surface area contributed by atoms with E-state index in [1.807, 2.05) is 28.7 Å². The molecule has 4 heteroatoms. The van der Waals surface area contributed by atoms with Crippen molar-refractivity contribution in [3.63, 3.8) is 0 Å². The highest BCUT2D eigenvalue weighted by molar-refractivity contribution is 7.21. The maximum atomic E-state index is 6.64. The summed E-state index contributed by atoms with van der Waals surface area (Å²) in [6, 6.07) is 12.2. The third-order valence-corrected chi connectivity index (χ3v) is 15.4. The van der Waals surface area contributed by atoms with Gasteiger partial charge in [0.05, 0.1) is 0 Å². The summed E-state index contributed by atoms with van der Waals surface area (Å²) in [5.41, 5.74) is 6.44. The third-order valence-electron chi connectivity index (χ3n) is 7.68.